The van der Waals surface area contributed by atoms with Gasteiger partial charge in [-0.2, -0.15) is 5.06 Å². The van der Waals surface area contributed by atoms with Crippen LogP contribution in [0.3, 0.4) is 0 Å². The van der Waals surface area contributed by atoms with Crippen LogP contribution in [-0.2, 0) is 16.9 Å². The van der Waals surface area contributed by atoms with Crippen molar-refractivity contribution in [1.29, 1.82) is 0 Å². The Morgan fingerprint density at radius 2 is 2.14 bits per heavy atom. The molecule has 1 aliphatic heterocycles. The molecule has 21 heavy (non-hydrogen) atoms. The maximum atomic E-state index is 5.87. The van der Waals surface area contributed by atoms with Gasteiger partial charge in [0.1, 0.15) is 0 Å². The number of nitrogens with zero attached hydrogens (tertiary/aromatic N) is 2. The van der Waals surface area contributed by atoms with E-state index in [0.717, 1.165) is 18.7 Å². The van der Waals surface area contributed by atoms with E-state index in [1.165, 1.54) is 11.1 Å². The van der Waals surface area contributed by atoms with Gasteiger partial charge in [-0.25, -0.2) is 0 Å². The zero-order chi connectivity index (χ0) is 15.9. The Kier molecular flexibility index (Phi) is 7.22. The van der Waals surface area contributed by atoms with Crippen LogP contribution in [-0.4, -0.2) is 30.1 Å². The number of rotatable bonds is 4. The molecule has 1 unspecified atom stereocenters. The molecule has 1 heterocycles. The van der Waals surface area contributed by atoms with Crippen molar-refractivity contribution in [3.63, 3.8) is 0 Å². The van der Waals surface area contributed by atoms with Crippen LogP contribution in [0.5, 0.6) is 0 Å². The molecule has 0 aliphatic carbocycles. The van der Waals surface area contributed by atoms with Crippen molar-refractivity contribution in [1.82, 2.24) is 5.06 Å². The second-order valence-corrected chi connectivity index (χ2v) is 6.11. The topological polar surface area (TPSA) is 50.9 Å². The first-order valence-electron chi connectivity index (χ1n) is 7.36. The van der Waals surface area contributed by atoms with Gasteiger partial charge in [-0.15, -0.1) is 0 Å². The van der Waals surface area contributed by atoms with Crippen LogP contribution < -0.4 is 5.73 Å². The fraction of sp³-hybridized carbons (Fsp3) is 0.562. The fourth-order valence-corrected chi connectivity index (χ4v) is 3.20. The Bertz CT molecular complexity index is 478. The second-order valence-electron chi connectivity index (χ2n) is 4.99. The van der Waals surface area contributed by atoms with E-state index in [2.05, 4.69) is 36.2 Å². The van der Waals surface area contributed by atoms with E-state index in [4.69, 9.17) is 10.6 Å². The van der Waals surface area contributed by atoms with Crippen molar-refractivity contribution < 1.29 is 4.84 Å². The largest absolute Gasteiger partial charge is 0.379 e. The summed E-state index contributed by atoms with van der Waals surface area (Å²) in [6.45, 7) is 6.91. The first kappa shape index (κ1) is 18.0. The smallest absolute Gasteiger partial charge is 0.154 e. The first-order chi connectivity index (χ1) is 10.0. The molecule has 0 spiro atoms. The van der Waals surface area contributed by atoms with Gasteiger partial charge in [0.2, 0.25) is 0 Å². The van der Waals surface area contributed by atoms with E-state index in [9.17, 15) is 0 Å². The van der Waals surface area contributed by atoms with Crippen LogP contribution in [0.2, 0.25) is 0 Å². The molecule has 2 N–H and O–H groups in total. The molecular formula is C16H27N3OS. The SMILES string of the molecule is CC.CON(C)Cc1cccc(C2(C)CCSC(N)=N2)c1. The van der Waals surface area contributed by atoms with Crippen LogP contribution in [0.1, 0.15) is 38.3 Å². The Morgan fingerprint density at radius 3 is 2.76 bits per heavy atom. The summed E-state index contributed by atoms with van der Waals surface area (Å²) in [4.78, 5) is 9.80. The summed E-state index contributed by atoms with van der Waals surface area (Å²) >= 11 is 1.63. The van der Waals surface area contributed by atoms with Gasteiger partial charge in [0.25, 0.3) is 0 Å². The first-order valence-corrected chi connectivity index (χ1v) is 8.35. The second kappa shape index (κ2) is 8.41. The van der Waals surface area contributed by atoms with Crippen molar-refractivity contribution in [3.05, 3.63) is 35.4 Å². The Hall–Kier alpha value is -1.04. The summed E-state index contributed by atoms with van der Waals surface area (Å²) in [6, 6.07) is 8.51. The summed E-state index contributed by atoms with van der Waals surface area (Å²) in [7, 11) is 3.59. The van der Waals surface area contributed by atoms with E-state index in [0.29, 0.717) is 5.17 Å². The lowest BCUT2D eigenvalue weighted by Gasteiger charge is -2.30. The Balaban J connectivity index is 0.00000106. The zero-order valence-corrected chi connectivity index (χ0v) is 14.5. The molecule has 1 atom stereocenters. The number of nitrogens with two attached hydrogens (primary N) is 1. The third-order valence-corrected chi connectivity index (χ3v) is 4.26. The van der Waals surface area contributed by atoms with Gasteiger partial charge in [0.15, 0.2) is 5.17 Å². The lowest BCUT2D eigenvalue weighted by molar-refractivity contribution is -0.116. The number of hydroxylamine groups is 2. The predicted octanol–water partition coefficient (Wildman–Crippen LogP) is 3.37. The number of benzene rings is 1. The highest BCUT2D eigenvalue weighted by molar-refractivity contribution is 8.13. The summed E-state index contributed by atoms with van der Waals surface area (Å²) in [5.74, 6) is 1.02. The molecule has 0 saturated heterocycles. The van der Waals surface area contributed by atoms with Crippen LogP contribution in [0.25, 0.3) is 0 Å². The molecule has 1 aliphatic rings. The van der Waals surface area contributed by atoms with Crippen molar-refractivity contribution in [2.75, 3.05) is 19.9 Å². The maximum absolute atomic E-state index is 5.87. The molecule has 0 fully saturated rings. The predicted molar refractivity (Wildman–Crippen MR) is 92.3 cm³/mol. The minimum absolute atomic E-state index is 0.197. The van der Waals surface area contributed by atoms with Crippen LogP contribution in [0.4, 0.5) is 0 Å². The highest BCUT2D eigenvalue weighted by Crippen LogP contribution is 2.35. The highest BCUT2D eigenvalue weighted by Gasteiger charge is 2.29. The van der Waals surface area contributed by atoms with Gasteiger partial charge in [0, 0.05) is 19.3 Å². The van der Waals surface area contributed by atoms with Crippen LogP contribution in [0.15, 0.2) is 29.3 Å². The standard InChI is InChI=1S/C14H21N3OS.C2H6/c1-14(7-8-19-13(15)16-14)12-6-4-5-11(9-12)10-17(2)18-3;1-2/h4-6,9H,7-8,10H2,1-3H3,(H2,15,16);1-2H3. The molecule has 5 heteroatoms. The van der Waals surface area contributed by atoms with E-state index < -0.39 is 0 Å². The van der Waals surface area contributed by atoms with Crippen LogP contribution in [0, 0.1) is 0 Å². The van der Waals surface area contributed by atoms with E-state index in [1.807, 2.05) is 20.9 Å². The number of thioether (sulfide) groups is 1. The maximum Gasteiger partial charge on any atom is 0.154 e. The van der Waals surface area contributed by atoms with Crippen molar-refractivity contribution in [3.8, 4) is 0 Å². The average molecular weight is 309 g/mol. The fourth-order valence-electron chi connectivity index (χ4n) is 2.22. The molecule has 1 aromatic rings. The highest BCUT2D eigenvalue weighted by atomic mass is 32.2. The van der Waals surface area contributed by atoms with Gasteiger partial charge >= 0.3 is 0 Å². The number of hydrogen-bond donors (Lipinski definition) is 1. The van der Waals surface area contributed by atoms with E-state index in [1.54, 1.807) is 23.9 Å². The summed E-state index contributed by atoms with van der Waals surface area (Å²) in [5.41, 5.74) is 8.11. The van der Waals surface area contributed by atoms with Gasteiger partial charge in [-0.05, 0) is 24.5 Å². The number of hydrogen-bond acceptors (Lipinski definition) is 5. The number of aliphatic imine (C=N–C) groups is 1. The molecule has 0 amide bonds. The summed E-state index contributed by atoms with van der Waals surface area (Å²) in [6.07, 6.45) is 1.02. The van der Waals surface area contributed by atoms with E-state index in [-0.39, 0.29) is 5.54 Å². The lowest BCUT2D eigenvalue weighted by atomic mass is 9.89. The van der Waals surface area contributed by atoms with Gasteiger partial charge < -0.3 is 10.6 Å². The molecule has 4 nitrogen and oxygen atoms in total. The van der Waals surface area contributed by atoms with Crippen molar-refractivity contribution in [2.24, 2.45) is 10.7 Å². The van der Waals surface area contributed by atoms with E-state index >= 15 is 0 Å². The normalized spacial score (nSPS) is 21.5. The molecular weight excluding hydrogens is 282 g/mol. The Labute approximate surface area is 132 Å². The molecule has 2 rings (SSSR count). The minimum Gasteiger partial charge on any atom is -0.379 e. The quantitative estimate of drug-likeness (QED) is 0.866. The number of amidine groups is 1. The molecule has 0 aromatic heterocycles. The van der Waals surface area contributed by atoms with Gasteiger partial charge in [-0.3, -0.25) is 4.99 Å². The molecule has 1 aromatic carbocycles. The summed E-state index contributed by atoms with van der Waals surface area (Å²) in [5, 5.41) is 2.49. The minimum atomic E-state index is -0.197. The third-order valence-electron chi connectivity index (χ3n) is 3.46. The van der Waals surface area contributed by atoms with Crippen molar-refractivity contribution in [2.45, 2.75) is 39.3 Å². The summed E-state index contributed by atoms with van der Waals surface area (Å²) < 4.78 is 0. The molecule has 0 bridgehead atoms. The molecule has 0 radical (unpaired) electrons. The molecule has 0 saturated carbocycles. The van der Waals surface area contributed by atoms with Gasteiger partial charge in [-0.1, -0.05) is 49.9 Å². The lowest BCUT2D eigenvalue weighted by Crippen LogP contribution is -2.29. The third kappa shape index (κ3) is 5.02. The average Bonchev–Trinajstić information content (AvgIpc) is 2.49. The Morgan fingerprint density at radius 1 is 1.43 bits per heavy atom. The van der Waals surface area contributed by atoms with Crippen molar-refractivity contribution >= 4 is 16.9 Å². The van der Waals surface area contributed by atoms with Gasteiger partial charge in [0.05, 0.1) is 12.6 Å². The molecule has 118 valence electrons. The zero-order valence-electron chi connectivity index (χ0n) is 13.7. The monoisotopic (exact) mass is 309 g/mol. The van der Waals surface area contributed by atoms with Crippen LogP contribution >= 0.6 is 11.8 Å².